The van der Waals surface area contributed by atoms with Crippen LogP contribution in [-0.4, -0.2) is 54.4 Å². The van der Waals surface area contributed by atoms with Crippen LogP contribution in [0.2, 0.25) is 0 Å². The Bertz CT molecular complexity index is 990. The molecule has 168 valence electrons. The van der Waals surface area contributed by atoms with Gasteiger partial charge in [-0.1, -0.05) is 23.8 Å². The summed E-state index contributed by atoms with van der Waals surface area (Å²) in [6.07, 6.45) is 5.87. The molecule has 3 fully saturated rings. The van der Waals surface area contributed by atoms with Gasteiger partial charge in [0.1, 0.15) is 5.82 Å². The molecule has 0 radical (unpaired) electrons. The number of amides is 2. The standard InChI is InChI=1S/C26H32N4O2/c1-19-6-4-7-21(14-19)24(31)29-13-5-11-26(25(32)28-15-20-9-10-20)18-30(17-22(26)16-29)23-8-2-3-12-27-23/h2-4,6-8,12,14,20,22H,5,9-11,13,15-18H2,1H3,(H,28,32)/t22-,26-/m0/s1. The molecule has 2 aromatic rings. The van der Waals surface area contributed by atoms with Gasteiger partial charge in [-0.25, -0.2) is 4.98 Å². The average molecular weight is 433 g/mol. The van der Waals surface area contributed by atoms with E-state index in [9.17, 15) is 9.59 Å². The van der Waals surface area contributed by atoms with Gasteiger partial charge in [0.2, 0.25) is 5.91 Å². The molecule has 32 heavy (non-hydrogen) atoms. The number of carbonyl (C=O) groups is 2. The number of aryl methyl sites for hydroxylation is 1. The van der Waals surface area contributed by atoms with Crippen LogP contribution in [0.3, 0.4) is 0 Å². The monoisotopic (exact) mass is 432 g/mol. The number of anilines is 1. The third kappa shape index (κ3) is 4.10. The largest absolute Gasteiger partial charge is 0.355 e. The van der Waals surface area contributed by atoms with Crippen LogP contribution in [0.25, 0.3) is 0 Å². The second-order valence-corrected chi connectivity index (χ2v) is 9.80. The molecule has 2 atom stereocenters. The van der Waals surface area contributed by atoms with Gasteiger partial charge < -0.3 is 15.1 Å². The number of likely N-dealkylation sites (tertiary alicyclic amines) is 1. The van der Waals surface area contributed by atoms with E-state index in [1.54, 1.807) is 6.20 Å². The minimum atomic E-state index is -0.478. The summed E-state index contributed by atoms with van der Waals surface area (Å²) >= 11 is 0. The molecule has 1 saturated carbocycles. The van der Waals surface area contributed by atoms with Gasteiger partial charge in [-0.05, 0) is 62.8 Å². The fourth-order valence-corrected chi connectivity index (χ4v) is 5.40. The molecule has 2 aliphatic heterocycles. The summed E-state index contributed by atoms with van der Waals surface area (Å²) in [6.45, 7) is 5.50. The van der Waals surface area contributed by atoms with Crippen molar-refractivity contribution in [2.45, 2.75) is 32.6 Å². The Hall–Kier alpha value is -2.89. The second-order valence-electron chi connectivity index (χ2n) is 9.80. The van der Waals surface area contributed by atoms with Gasteiger partial charge in [-0.3, -0.25) is 9.59 Å². The summed E-state index contributed by atoms with van der Waals surface area (Å²) in [6, 6.07) is 13.7. The van der Waals surface area contributed by atoms with Crippen molar-refractivity contribution in [3.05, 3.63) is 59.8 Å². The molecule has 6 heteroatoms. The lowest BCUT2D eigenvalue weighted by Crippen LogP contribution is -2.48. The van der Waals surface area contributed by atoms with Crippen LogP contribution in [0.15, 0.2) is 48.7 Å². The lowest BCUT2D eigenvalue weighted by atomic mass is 9.74. The van der Waals surface area contributed by atoms with Crippen LogP contribution < -0.4 is 10.2 Å². The molecule has 3 aliphatic rings. The highest BCUT2D eigenvalue weighted by Crippen LogP contribution is 2.44. The van der Waals surface area contributed by atoms with Gasteiger partial charge in [-0.2, -0.15) is 0 Å². The molecule has 2 saturated heterocycles. The zero-order valence-electron chi connectivity index (χ0n) is 18.8. The van der Waals surface area contributed by atoms with E-state index in [1.165, 1.54) is 12.8 Å². The summed E-state index contributed by atoms with van der Waals surface area (Å²) in [5, 5.41) is 3.27. The molecule has 0 unspecified atom stereocenters. The molecule has 0 bridgehead atoms. The molecule has 1 aliphatic carbocycles. The Morgan fingerprint density at radius 3 is 2.78 bits per heavy atom. The highest BCUT2D eigenvalue weighted by Gasteiger charge is 2.53. The Kier molecular flexibility index (Phi) is 5.62. The van der Waals surface area contributed by atoms with Crippen molar-refractivity contribution in [3.8, 4) is 0 Å². The predicted octanol–water partition coefficient (Wildman–Crippen LogP) is 3.28. The Morgan fingerprint density at radius 2 is 2.03 bits per heavy atom. The van der Waals surface area contributed by atoms with Crippen molar-refractivity contribution in [2.24, 2.45) is 17.3 Å². The number of pyridine rings is 1. The smallest absolute Gasteiger partial charge is 0.253 e. The zero-order valence-corrected chi connectivity index (χ0v) is 18.8. The average Bonchev–Trinajstić information content (AvgIpc) is 3.60. The van der Waals surface area contributed by atoms with E-state index >= 15 is 0 Å². The minimum absolute atomic E-state index is 0.0687. The van der Waals surface area contributed by atoms with Crippen molar-refractivity contribution < 1.29 is 9.59 Å². The second kappa shape index (κ2) is 8.57. The quantitative estimate of drug-likeness (QED) is 0.788. The van der Waals surface area contributed by atoms with Crippen LogP contribution in [0.1, 0.15) is 41.6 Å². The number of carbonyl (C=O) groups excluding carboxylic acids is 2. The van der Waals surface area contributed by atoms with Gasteiger partial charge in [-0.15, -0.1) is 0 Å². The highest BCUT2D eigenvalue weighted by molar-refractivity contribution is 5.94. The van der Waals surface area contributed by atoms with E-state index in [0.717, 1.165) is 42.9 Å². The first-order chi connectivity index (χ1) is 15.5. The van der Waals surface area contributed by atoms with E-state index in [-0.39, 0.29) is 17.7 Å². The van der Waals surface area contributed by atoms with Crippen molar-refractivity contribution in [2.75, 3.05) is 37.6 Å². The number of rotatable bonds is 5. The van der Waals surface area contributed by atoms with Crippen LogP contribution in [0.4, 0.5) is 5.82 Å². The van der Waals surface area contributed by atoms with Gasteiger partial charge in [0, 0.05) is 50.4 Å². The molecule has 1 N–H and O–H groups in total. The fraction of sp³-hybridized carbons (Fsp3) is 0.500. The summed E-state index contributed by atoms with van der Waals surface area (Å²) < 4.78 is 0. The first-order valence-corrected chi connectivity index (χ1v) is 11.9. The Balaban J connectivity index is 1.41. The molecule has 5 rings (SSSR count). The normalized spacial score (nSPS) is 25.2. The van der Waals surface area contributed by atoms with Crippen LogP contribution >= 0.6 is 0 Å². The Morgan fingerprint density at radius 1 is 1.16 bits per heavy atom. The van der Waals surface area contributed by atoms with Crippen molar-refractivity contribution >= 4 is 17.6 Å². The lowest BCUT2D eigenvalue weighted by Gasteiger charge is -2.32. The number of aromatic nitrogens is 1. The third-order valence-electron chi connectivity index (χ3n) is 7.41. The van der Waals surface area contributed by atoms with E-state index in [1.807, 2.05) is 54.3 Å². The van der Waals surface area contributed by atoms with E-state index in [0.29, 0.717) is 25.6 Å². The maximum absolute atomic E-state index is 13.6. The van der Waals surface area contributed by atoms with Crippen LogP contribution in [0, 0.1) is 24.2 Å². The molecule has 6 nitrogen and oxygen atoms in total. The maximum atomic E-state index is 13.6. The highest BCUT2D eigenvalue weighted by atomic mass is 16.2. The molecule has 1 aromatic carbocycles. The van der Waals surface area contributed by atoms with Gasteiger partial charge >= 0.3 is 0 Å². The number of nitrogens with zero attached hydrogens (tertiary/aromatic N) is 3. The van der Waals surface area contributed by atoms with Gasteiger partial charge in [0.15, 0.2) is 0 Å². The van der Waals surface area contributed by atoms with Gasteiger partial charge in [0.25, 0.3) is 5.91 Å². The molecule has 2 amide bonds. The van der Waals surface area contributed by atoms with E-state index < -0.39 is 5.41 Å². The van der Waals surface area contributed by atoms with Crippen LogP contribution in [0.5, 0.6) is 0 Å². The number of nitrogens with one attached hydrogen (secondary N) is 1. The zero-order chi connectivity index (χ0) is 22.1. The van der Waals surface area contributed by atoms with Crippen molar-refractivity contribution in [1.29, 1.82) is 0 Å². The molecular weight excluding hydrogens is 400 g/mol. The topological polar surface area (TPSA) is 65.5 Å². The lowest BCUT2D eigenvalue weighted by molar-refractivity contribution is -0.132. The first-order valence-electron chi connectivity index (χ1n) is 11.9. The van der Waals surface area contributed by atoms with Crippen LogP contribution in [-0.2, 0) is 4.79 Å². The number of fused-ring (bicyclic) bond motifs is 1. The minimum Gasteiger partial charge on any atom is -0.355 e. The molecule has 0 spiro atoms. The van der Waals surface area contributed by atoms with Gasteiger partial charge in [0.05, 0.1) is 5.41 Å². The summed E-state index contributed by atoms with van der Waals surface area (Å²) in [5.74, 6) is 1.87. The molecule has 3 heterocycles. The summed E-state index contributed by atoms with van der Waals surface area (Å²) in [5.41, 5.74) is 1.34. The third-order valence-corrected chi connectivity index (χ3v) is 7.41. The number of hydrogen-bond donors (Lipinski definition) is 1. The number of benzene rings is 1. The number of hydrogen-bond acceptors (Lipinski definition) is 4. The predicted molar refractivity (Wildman–Crippen MR) is 124 cm³/mol. The SMILES string of the molecule is Cc1cccc(C(=O)N2CCC[C@]3(C(=O)NCC4CC4)CN(c4ccccn4)C[C@@H]3C2)c1. The fourth-order valence-electron chi connectivity index (χ4n) is 5.40. The maximum Gasteiger partial charge on any atom is 0.253 e. The Labute approximate surface area is 190 Å². The van der Waals surface area contributed by atoms with Crippen molar-refractivity contribution in [3.63, 3.8) is 0 Å². The summed E-state index contributed by atoms with van der Waals surface area (Å²) in [4.78, 5) is 35.7. The first kappa shape index (κ1) is 21.0. The summed E-state index contributed by atoms with van der Waals surface area (Å²) in [7, 11) is 0. The van der Waals surface area contributed by atoms with E-state index in [4.69, 9.17) is 0 Å². The van der Waals surface area contributed by atoms with E-state index in [2.05, 4.69) is 15.2 Å². The molecular formula is C26H32N4O2. The molecule has 1 aromatic heterocycles. The van der Waals surface area contributed by atoms with Crippen molar-refractivity contribution in [1.82, 2.24) is 15.2 Å².